The van der Waals surface area contributed by atoms with Crippen LogP contribution in [0.2, 0.25) is 0 Å². The predicted octanol–water partition coefficient (Wildman–Crippen LogP) is 1.35. The zero-order valence-corrected chi connectivity index (χ0v) is 10.6. The third-order valence-electron chi connectivity index (χ3n) is 2.49. The molecule has 0 atom stereocenters. The van der Waals surface area contributed by atoms with Crippen molar-refractivity contribution in [1.82, 2.24) is 4.98 Å². The number of para-hydroxylation sites is 1. The minimum atomic E-state index is -0.365. The van der Waals surface area contributed by atoms with Gasteiger partial charge in [-0.05, 0) is 18.2 Å². The molecule has 4 N–H and O–H groups in total. The molecule has 0 saturated carbocycles. The van der Waals surface area contributed by atoms with Gasteiger partial charge < -0.3 is 16.2 Å². The van der Waals surface area contributed by atoms with Crippen LogP contribution < -0.4 is 11.1 Å². The molecule has 1 amide bonds. The number of aromatic nitrogens is 1. The SMILES string of the molecule is NCC#Cc1ccccc1NC(=O)c1cncc(O)c1. The Bertz CT molecular complexity index is 687. The standard InChI is InChI=1S/C15H13N3O2/c16-7-3-5-11-4-1-2-6-14(11)18-15(20)12-8-13(19)10-17-9-12/h1-2,4,6,8-10,19H,7,16H2,(H,18,20). The number of nitrogens with two attached hydrogens (primary N) is 1. The fourth-order valence-electron chi connectivity index (χ4n) is 1.59. The van der Waals surface area contributed by atoms with Crippen LogP contribution in [-0.4, -0.2) is 22.5 Å². The molecule has 0 aliphatic rings. The zero-order valence-electron chi connectivity index (χ0n) is 10.6. The lowest BCUT2D eigenvalue weighted by Crippen LogP contribution is -2.13. The maximum absolute atomic E-state index is 12.1. The van der Waals surface area contributed by atoms with E-state index in [9.17, 15) is 9.90 Å². The van der Waals surface area contributed by atoms with Crippen molar-refractivity contribution in [2.45, 2.75) is 0 Å². The molecule has 20 heavy (non-hydrogen) atoms. The number of amides is 1. The van der Waals surface area contributed by atoms with E-state index < -0.39 is 0 Å². The lowest BCUT2D eigenvalue weighted by atomic mass is 10.1. The largest absolute Gasteiger partial charge is 0.506 e. The second-order valence-electron chi connectivity index (χ2n) is 3.94. The van der Waals surface area contributed by atoms with Crippen molar-refractivity contribution in [2.24, 2.45) is 5.73 Å². The van der Waals surface area contributed by atoms with Crippen LogP contribution in [0.25, 0.3) is 0 Å². The molecule has 0 fully saturated rings. The number of rotatable bonds is 2. The van der Waals surface area contributed by atoms with Crippen LogP contribution in [0.4, 0.5) is 5.69 Å². The average molecular weight is 267 g/mol. The summed E-state index contributed by atoms with van der Waals surface area (Å²) in [6.45, 7) is 0.249. The van der Waals surface area contributed by atoms with Crippen molar-refractivity contribution in [1.29, 1.82) is 0 Å². The van der Waals surface area contributed by atoms with E-state index in [-0.39, 0.29) is 23.8 Å². The first-order chi connectivity index (χ1) is 9.70. The van der Waals surface area contributed by atoms with Crippen LogP contribution in [0.15, 0.2) is 42.7 Å². The average Bonchev–Trinajstić information content (AvgIpc) is 2.46. The Balaban J connectivity index is 2.24. The molecular weight excluding hydrogens is 254 g/mol. The van der Waals surface area contributed by atoms with Crippen LogP contribution in [0.3, 0.4) is 0 Å². The lowest BCUT2D eigenvalue weighted by Gasteiger charge is -2.07. The number of hydrogen-bond donors (Lipinski definition) is 3. The van der Waals surface area contributed by atoms with Gasteiger partial charge in [0.2, 0.25) is 0 Å². The van der Waals surface area contributed by atoms with Gasteiger partial charge in [-0.2, -0.15) is 0 Å². The van der Waals surface area contributed by atoms with Crippen LogP contribution >= 0.6 is 0 Å². The Hall–Kier alpha value is -2.84. The molecule has 0 aliphatic carbocycles. The highest BCUT2D eigenvalue weighted by molar-refractivity contribution is 6.04. The predicted molar refractivity (Wildman–Crippen MR) is 76.2 cm³/mol. The van der Waals surface area contributed by atoms with Gasteiger partial charge in [0.15, 0.2) is 0 Å². The lowest BCUT2D eigenvalue weighted by molar-refractivity contribution is 0.102. The van der Waals surface area contributed by atoms with E-state index in [1.165, 1.54) is 18.5 Å². The molecule has 0 bridgehead atoms. The second-order valence-corrected chi connectivity index (χ2v) is 3.94. The van der Waals surface area contributed by atoms with Crippen LogP contribution in [0, 0.1) is 11.8 Å². The van der Waals surface area contributed by atoms with Gasteiger partial charge in [0.05, 0.1) is 24.0 Å². The van der Waals surface area contributed by atoms with E-state index in [0.717, 1.165) is 0 Å². The van der Waals surface area contributed by atoms with Gasteiger partial charge in [-0.1, -0.05) is 24.0 Å². The molecule has 1 heterocycles. The van der Waals surface area contributed by atoms with Gasteiger partial charge in [-0.15, -0.1) is 0 Å². The Morgan fingerprint density at radius 2 is 2.15 bits per heavy atom. The van der Waals surface area contributed by atoms with Gasteiger partial charge in [0.1, 0.15) is 5.75 Å². The van der Waals surface area contributed by atoms with E-state index in [2.05, 4.69) is 22.1 Å². The summed E-state index contributed by atoms with van der Waals surface area (Å²) in [6.07, 6.45) is 2.64. The van der Waals surface area contributed by atoms with Crippen molar-refractivity contribution in [3.63, 3.8) is 0 Å². The van der Waals surface area contributed by atoms with E-state index in [1.54, 1.807) is 18.2 Å². The van der Waals surface area contributed by atoms with Crippen LogP contribution in [0.1, 0.15) is 15.9 Å². The van der Waals surface area contributed by atoms with Crippen molar-refractivity contribution in [3.8, 4) is 17.6 Å². The summed E-state index contributed by atoms with van der Waals surface area (Å²) in [4.78, 5) is 15.8. The molecule has 2 aromatic rings. The summed E-state index contributed by atoms with van der Waals surface area (Å²) in [7, 11) is 0. The van der Waals surface area contributed by atoms with Gasteiger partial charge in [0.25, 0.3) is 5.91 Å². The van der Waals surface area contributed by atoms with E-state index >= 15 is 0 Å². The van der Waals surface area contributed by atoms with Crippen molar-refractivity contribution in [3.05, 3.63) is 53.9 Å². The summed E-state index contributed by atoms with van der Waals surface area (Å²) in [5.41, 5.74) is 6.87. The molecule has 2 rings (SSSR count). The zero-order chi connectivity index (χ0) is 14.4. The minimum Gasteiger partial charge on any atom is -0.506 e. The number of aromatic hydroxyl groups is 1. The first-order valence-corrected chi connectivity index (χ1v) is 5.94. The van der Waals surface area contributed by atoms with E-state index in [4.69, 9.17) is 5.73 Å². The topological polar surface area (TPSA) is 88.2 Å². The van der Waals surface area contributed by atoms with E-state index in [0.29, 0.717) is 11.3 Å². The minimum absolute atomic E-state index is 0.0612. The number of pyridine rings is 1. The number of hydrogen-bond acceptors (Lipinski definition) is 4. The summed E-state index contributed by atoms with van der Waals surface area (Å²) in [6, 6.07) is 8.50. The highest BCUT2D eigenvalue weighted by Gasteiger charge is 2.09. The molecule has 1 aromatic carbocycles. The summed E-state index contributed by atoms with van der Waals surface area (Å²) < 4.78 is 0. The Morgan fingerprint density at radius 1 is 1.35 bits per heavy atom. The highest BCUT2D eigenvalue weighted by Crippen LogP contribution is 2.16. The first kappa shape index (κ1) is 13.6. The van der Waals surface area contributed by atoms with Gasteiger partial charge >= 0.3 is 0 Å². The Kier molecular flexibility index (Phi) is 4.32. The molecule has 1 aromatic heterocycles. The van der Waals surface area contributed by atoms with Gasteiger partial charge in [-0.25, -0.2) is 0 Å². The maximum atomic E-state index is 12.1. The molecule has 5 heteroatoms. The van der Waals surface area contributed by atoms with Crippen molar-refractivity contribution < 1.29 is 9.90 Å². The van der Waals surface area contributed by atoms with E-state index in [1.807, 2.05) is 6.07 Å². The summed E-state index contributed by atoms with van der Waals surface area (Å²) >= 11 is 0. The quantitative estimate of drug-likeness (QED) is 0.717. The molecule has 0 aliphatic heterocycles. The number of carbonyl (C=O) groups excluding carboxylic acids is 1. The molecule has 5 nitrogen and oxygen atoms in total. The van der Waals surface area contributed by atoms with Crippen molar-refractivity contribution >= 4 is 11.6 Å². The monoisotopic (exact) mass is 267 g/mol. The van der Waals surface area contributed by atoms with Gasteiger partial charge in [-0.3, -0.25) is 9.78 Å². The Labute approximate surface area is 116 Å². The first-order valence-electron chi connectivity index (χ1n) is 5.94. The highest BCUT2D eigenvalue weighted by atomic mass is 16.3. The number of anilines is 1. The summed E-state index contributed by atoms with van der Waals surface area (Å²) in [5.74, 6) is 5.20. The Morgan fingerprint density at radius 3 is 2.90 bits per heavy atom. The number of carbonyl (C=O) groups is 1. The maximum Gasteiger partial charge on any atom is 0.257 e. The third-order valence-corrected chi connectivity index (χ3v) is 2.49. The number of nitrogens with zero attached hydrogens (tertiary/aromatic N) is 1. The molecule has 0 saturated heterocycles. The van der Waals surface area contributed by atoms with Crippen LogP contribution in [0.5, 0.6) is 5.75 Å². The normalized spacial score (nSPS) is 9.45. The smallest absolute Gasteiger partial charge is 0.257 e. The molecule has 0 unspecified atom stereocenters. The fourth-order valence-corrected chi connectivity index (χ4v) is 1.59. The van der Waals surface area contributed by atoms with Crippen molar-refractivity contribution in [2.75, 3.05) is 11.9 Å². The van der Waals surface area contributed by atoms with Gasteiger partial charge in [0, 0.05) is 11.8 Å². The summed E-state index contributed by atoms with van der Waals surface area (Å²) in [5, 5.41) is 12.0. The molecule has 100 valence electrons. The number of nitrogens with one attached hydrogen (secondary N) is 1. The van der Waals surface area contributed by atoms with Crippen LogP contribution in [-0.2, 0) is 0 Å². The number of benzene rings is 1. The fraction of sp³-hybridized carbons (Fsp3) is 0.0667. The molecule has 0 spiro atoms. The molecular formula is C15H13N3O2. The third kappa shape index (κ3) is 3.34. The second kappa shape index (κ2) is 6.36. The molecule has 0 radical (unpaired) electrons.